The van der Waals surface area contributed by atoms with Gasteiger partial charge in [0.05, 0.1) is 12.6 Å². The summed E-state index contributed by atoms with van der Waals surface area (Å²) in [6.07, 6.45) is 0.0644. The van der Waals surface area contributed by atoms with E-state index >= 15 is 0 Å². The normalized spacial score (nSPS) is 12.0. The first-order valence-corrected chi connectivity index (χ1v) is 8.25. The molecule has 0 saturated carbocycles. The zero-order chi connectivity index (χ0) is 18.5. The molecule has 1 aliphatic heterocycles. The highest BCUT2D eigenvalue weighted by molar-refractivity contribution is 5.99. The molecule has 3 rings (SSSR count). The number of fused-ring (bicyclic) bond motifs is 1. The topological polar surface area (TPSA) is 85.9 Å². The van der Waals surface area contributed by atoms with Crippen LogP contribution in [0.5, 0.6) is 17.2 Å². The van der Waals surface area contributed by atoms with Gasteiger partial charge in [-0.25, -0.2) is 0 Å². The van der Waals surface area contributed by atoms with Crippen LogP contribution in [0.15, 0.2) is 42.5 Å². The summed E-state index contributed by atoms with van der Waals surface area (Å²) in [4.78, 5) is 24.1. The largest absolute Gasteiger partial charge is 0.491 e. The smallest absolute Gasteiger partial charge is 0.251 e. The Morgan fingerprint density at radius 3 is 2.54 bits per heavy atom. The van der Waals surface area contributed by atoms with Crippen LogP contribution in [0, 0.1) is 0 Å². The van der Waals surface area contributed by atoms with Crippen LogP contribution in [-0.4, -0.2) is 31.3 Å². The van der Waals surface area contributed by atoms with Gasteiger partial charge in [-0.3, -0.25) is 9.59 Å². The van der Waals surface area contributed by atoms with Crippen LogP contribution in [0.1, 0.15) is 24.2 Å². The summed E-state index contributed by atoms with van der Waals surface area (Å²) in [5.74, 6) is 1.24. The second-order valence-electron chi connectivity index (χ2n) is 5.99. The van der Waals surface area contributed by atoms with E-state index in [1.165, 1.54) is 0 Å². The number of carbonyl (C=O) groups excluding carboxylic acids is 2. The Kier molecular flexibility index (Phi) is 5.26. The number of hydrogen-bond donors (Lipinski definition) is 2. The van der Waals surface area contributed by atoms with Crippen LogP contribution in [0.2, 0.25) is 0 Å². The third-order valence-electron chi connectivity index (χ3n) is 3.55. The fraction of sp³-hybridized carbons (Fsp3) is 0.263. The first-order valence-electron chi connectivity index (χ1n) is 8.25. The predicted molar refractivity (Wildman–Crippen MR) is 95.7 cm³/mol. The van der Waals surface area contributed by atoms with Gasteiger partial charge in [-0.1, -0.05) is 0 Å². The number of nitrogens with one attached hydrogen (secondary N) is 2. The number of amides is 2. The SMILES string of the molecule is CC(C)Oc1ccc(C(=O)NCC(=O)Nc2ccc3c(c2)OCO3)cc1. The van der Waals surface area contributed by atoms with Gasteiger partial charge in [-0.2, -0.15) is 0 Å². The van der Waals surface area contributed by atoms with Crippen LogP contribution in [0.3, 0.4) is 0 Å². The average molecular weight is 356 g/mol. The molecule has 0 bridgehead atoms. The summed E-state index contributed by atoms with van der Waals surface area (Å²) >= 11 is 0. The minimum absolute atomic E-state index is 0.0644. The van der Waals surface area contributed by atoms with E-state index in [4.69, 9.17) is 14.2 Å². The van der Waals surface area contributed by atoms with E-state index in [9.17, 15) is 9.59 Å². The molecule has 0 atom stereocenters. The van der Waals surface area contributed by atoms with Crippen molar-refractivity contribution < 1.29 is 23.8 Å². The Balaban J connectivity index is 1.50. The maximum Gasteiger partial charge on any atom is 0.251 e. The van der Waals surface area contributed by atoms with Crippen LogP contribution in [0.4, 0.5) is 5.69 Å². The molecule has 7 nitrogen and oxygen atoms in total. The van der Waals surface area contributed by atoms with Crippen molar-refractivity contribution in [2.45, 2.75) is 20.0 Å². The van der Waals surface area contributed by atoms with Gasteiger partial charge in [0.25, 0.3) is 5.91 Å². The maximum atomic E-state index is 12.1. The highest BCUT2D eigenvalue weighted by Gasteiger charge is 2.14. The van der Waals surface area contributed by atoms with Gasteiger partial charge in [0.1, 0.15) is 5.75 Å². The lowest BCUT2D eigenvalue weighted by atomic mass is 10.2. The van der Waals surface area contributed by atoms with Crippen LogP contribution < -0.4 is 24.8 Å². The molecule has 0 spiro atoms. The van der Waals surface area contributed by atoms with Crippen LogP contribution >= 0.6 is 0 Å². The van der Waals surface area contributed by atoms with E-state index in [-0.39, 0.29) is 31.3 Å². The zero-order valence-corrected chi connectivity index (χ0v) is 14.6. The fourth-order valence-corrected chi connectivity index (χ4v) is 2.40. The Hall–Kier alpha value is -3.22. The number of ether oxygens (including phenoxy) is 3. The maximum absolute atomic E-state index is 12.1. The van der Waals surface area contributed by atoms with Crippen molar-refractivity contribution in [1.29, 1.82) is 0 Å². The second kappa shape index (κ2) is 7.77. The zero-order valence-electron chi connectivity index (χ0n) is 14.6. The van der Waals surface area contributed by atoms with Crippen molar-refractivity contribution in [3.05, 3.63) is 48.0 Å². The quantitative estimate of drug-likeness (QED) is 0.831. The van der Waals surface area contributed by atoms with Crippen molar-refractivity contribution in [2.24, 2.45) is 0 Å². The van der Waals surface area contributed by atoms with Gasteiger partial charge < -0.3 is 24.8 Å². The Bertz CT molecular complexity index is 802. The first-order chi connectivity index (χ1) is 12.5. The van der Waals surface area contributed by atoms with E-state index < -0.39 is 0 Å². The summed E-state index contributed by atoms with van der Waals surface area (Å²) in [6.45, 7) is 3.89. The van der Waals surface area contributed by atoms with Gasteiger partial charge in [0.2, 0.25) is 12.7 Å². The monoisotopic (exact) mass is 356 g/mol. The van der Waals surface area contributed by atoms with Gasteiger partial charge >= 0.3 is 0 Å². The number of rotatable bonds is 6. The molecular formula is C19H20N2O5. The highest BCUT2D eigenvalue weighted by atomic mass is 16.7. The summed E-state index contributed by atoms with van der Waals surface area (Å²) in [5, 5.41) is 5.28. The van der Waals surface area contributed by atoms with Gasteiger partial charge in [-0.15, -0.1) is 0 Å². The minimum Gasteiger partial charge on any atom is -0.491 e. The van der Waals surface area contributed by atoms with Crippen molar-refractivity contribution >= 4 is 17.5 Å². The molecule has 1 heterocycles. The number of anilines is 1. The predicted octanol–water partition coefficient (Wildman–Crippen LogP) is 2.57. The Morgan fingerprint density at radius 1 is 1.08 bits per heavy atom. The summed E-state index contributed by atoms with van der Waals surface area (Å²) < 4.78 is 16.0. The summed E-state index contributed by atoms with van der Waals surface area (Å²) in [5.41, 5.74) is 1.03. The molecule has 2 N–H and O–H groups in total. The molecule has 26 heavy (non-hydrogen) atoms. The summed E-state index contributed by atoms with van der Waals surface area (Å²) in [6, 6.07) is 11.9. The van der Waals surface area contributed by atoms with Crippen molar-refractivity contribution in [3.63, 3.8) is 0 Å². The molecule has 2 aromatic carbocycles. The molecule has 2 amide bonds. The van der Waals surface area contributed by atoms with E-state index in [1.54, 1.807) is 42.5 Å². The molecular weight excluding hydrogens is 336 g/mol. The molecule has 7 heteroatoms. The van der Waals surface area contributed by atoms with E-state index in [1.807, 2.05) is 13.8 Å². The van der Waals surface area contributed by atoms with Crippen LogP contribution in [-0.2, 0) is 4.79 Å². The molecule has 1 aliphatic rings. The molecule has 0 aromatic heterocycles. The van der Waals surface area contributed by atoms with E-state index in [0.29, 0.717) is 28.5 Å². The fourth-order valence-electron chi connectivity index (χ4n) is 2.40. The second-order valence-corrected chi connectivity index (χ2v) is 5.99. The lowest BCUT2D eigenvalue weighted by molar-refractivity contribution is -0.115. The molecule has 0 aliphatic carbocycles. The van der Waals surface area contributed by atoms with Crippen molar-refractivity contribution in [2.75, 3.05) is 18.7 Å². The number of benzene rings is 2. The van der Waals surface area contributed by atoms with Gasteiger partial charge in [-0.05, 0) is 50.2 Å². The molecule has 0 saturated heterocycles. The standard InChI is InChI=1S/C19H20N2O5/c1-12(2)26-15-6-3-13(4-7-15)19(23)20-10-18(22)21-14-5-8-16-17(9-14)25-11-24-16/h3-9,12H,10-11H2,1-2H3,(H,20,23)(H,21,22). The minimum atomic E-state index is -0.336. The molecule has 136 valence electrons. The van der Waals surface area contributed by atoms with Crippen LogP contribution in [0.25, 0.3) is 0 Å². The molecule has 0 fully saturated rings. The molecule has 2 aromatic rings. The molecule has 0 unspecified atom stereocenters. The molecule has 0 radical (unpaired) electrons. The van der Waals surface area contributed by atoms with Gasteiger partial charge in [0, 0.05) is 17.3 Å². The summed E-state index contributed by atoms with van der Waals surface area (Å²) in [7, 11) is 0. The Morgan fingerprint density at radius 2 is 1.81 bits per heavy atom. The van der Waals surface area contributed by atoms with Gasteiger partial charge in [0.15, 0.2) is 11.5 Å². The lowest BCUT2D eigenvalue weighted by Gasteiger charge is -2.10. The highest BCUT2D eigenvalue weighted by Crippen LogP contribution is 2.34. The van der Waals surface area contributed by atoms with E-state index in [2.05, 4.69) is 10.6 Å². The van der Waals surface area contributed by atoms with E-state index in [0.717, 1.165) is 0 Å². The third kappa shape index (κ3) is 4.44. The lowest BCUT2D eigenvalue weighted by Crippen LogP contribution is -2.32. The Labute approximate surface area is 151 Å². The first kappa shape index (κ1) is 17.6. The average Bonchev–Trinajstić information content (AvgIpc) is 3.07. The number of carbonyl (C=O) groups is 2. The van der Waals surface area contributed by atoms with Crippen molar-refractivity contribution in [3.8, 4) is 17.2 Å². The third-order valence-corrected chi connectivity index (χ3v) is 3.55. The number of hydrogen-bond acceptors (Lipinski definition) is 5. The van der Waals surface area contributed by atoms with Crippen molar-refractivity contribution in [1.82, 2.24) is 5.32 Å².